The highest BCUT2D eigenvalue weighted by Crippen LogP contribution is 2.18. The number of rotatable bonds is 5. The van der Waals surface area contributed by atoms with Crippen molar-refractivity contribution in [3.05, 3.63) is 36.0 Å². The van der Waals surface area contributed by atoms with E-state index in [2.05, 4.69) is 42.0 Å². The molecular weight excluding hydrogens is 198 g/mol. The topological polar surface area (TPSA) is 14.2 Å². The van der Waals surface area contributed by atoms with Crippen LogP contribution in [0.15, 0.2) is 30.5 Å². The third-order valence-corrected chi connectivity index (χ3v) is 2.99. The fourth-order valence-electron chi connectivity index (χ4n) is 2.02. The Morgan fingerprint density at radius 2 is 2.12 bits per heavy atom. The van der Waals surface area contributed by atoms with Gasteiger partial charge in [0.15, 0.2) is 0 Å². The maximum Gasteiger partial charge on any atom is 0.0483 e. The van der Waals surface area contributed by atoms with Crippen LogP contribution in [-0.4, -0.2) is 18.3 Å². The van der Waals surface area contributed by atoms with E-state index in [0.29, 0.717) is 0 Å². The van der Waals surface area contributed by atoms with Crippen LogP contribution in [0.1, 0.15) is 18.9 Å². The van der Waals surface area contributed by atoms with Crippen LogP contribution < -0.4 is 0 Å². The number of benzene rings is 1. The molecule has 0 spiro atoms. The lowest BCUT2D eigenvalue weighted by Gasteiger charge is -2.06. The zero-order valence-corrected chi connectivity index (χ0v) is 10.1. The minimum atomic E-state index is 0.827. The monoisotopic (exact) mass is 217 g/mol. The molecule has 2 heteroatoms. The Bertz CT molecular complexity index is 459. The van der Waals surface area contributed by atoms with Crippen LogP contribution in [0.4, 0.5) is 0 Å². The van der Waals surface area contributed by atoms with Crippen molar-refractivity contribution in [3.8, 4) is 0 Å². The van der Waals surface area contributed by atoms with Gasteiger partial charge < -0.3 is 9.30 Å². The van der Waals surface area contributed by atoms with E-state index in [0.717, 1.165) is 26.0 Å². The number of aryl methyl sites for hydroxylation is 2. The quantitative estimate of drug-likeness (QED) is 0.701. The summed E-state index contributed by atoms with van der Waals surface area (Å²) in [5, 5.41) is 1.33. The molecule has 86 valence electrons. The van der Waals surface area contributed by atoms with Crippen molar-refractivity contribution in [1.82, 2.24) is 4.57 Å². The van der Waals surface area contributed by atoms with Gasteiger partial charge in [-0.2, -0.15) is 0 Å². The van der Waals surface area contributed by atoms with E-state index in [1.807, 2.05) is 0 Å². The summed E-state index contributed by atoms with van der Waals surface area (Å²) >= 11 is 0. The Balaban J connectivity index is 2.24. The second kappa shape index (κ2) is 5.17. The van der Waals surface area contributed by atoms with Gasteiger partial charge in [-0.3, -0.25) is 0 Å². The fourth-order valence-corrected chi connectivity index (χ4v) is 2.02. The first kappa shape index (κ1) is 11.2. The molecule has 16 heavy (non-hydrogen) atoms. The summed E-state index contributed by atoms with van der Waals surface area (Å²) in [5.74, 6) is 0. The van der Waals surface area contributed by atoms with Gasteiger partial charge in [0.05, 0.1) is 0 Å². The van der Waals surface area contributed by atoms with E-state index in [1.165, 1.54) is 16.5 Å². The largest absolute Gasteiger partial charge is 0.385 e. The summed E-state index contributed by atoms with van der Waals surface area (Å²) in [7, 11) is 1.75. The predicted molar refractivity (Wildman–Crippen MR) is 67.8 cm³/mol. The number of ether oxygens (including phenoxy) is 1. The second-order valence-electron chi connectivity index (χ2n) is 4.10. The molecule has 0 N–H and O–H groups in total. The molecule has 1 heterocycles. The Kier molecular flexibility index (Phi) is 3.62. The molecule has 0 aliphatic carbocycles. The molecule has 0 atom stereocenters. The number of fused-ring (bicyclic) bond motifs is 1. The van der Waals surface area contributed by atoms with Gasteiger partial charge >= 0.3 is 0 Å². The van der Waals surface area contributed by atoms with Crippen LogP contribution in [-0.2, 0) is 17.7 Å². The van der Waals surface area contributed by atoms with Gasteiger partial charge in [-0.05, 0) is 35.9 Å². The van der Waals surface area contributed by atoms with E-state index < -0.39 is 0 Å². The number of aromatic nitrogens is 1. The molecule has 0 aliphatic heterocycles. The Morgan fingerprint density at radius 1 is 1.25 bits per heavy atom. The molecule has 2 nitrogen and oxygen atoms in total. The first-order valence-electron chi connectivity index (χ1n) is 5.92. The second-order valence-corrected chi connectivity index (χ2v) is 4.10. The molecule has 1 aromatic carbocycles. The summed E-state index contributed by atoms with van der Waals surface area (Å²) in [5.41, 5.74) is 2.75. The average Bonchev–Trinajstić information content (AvgIpc) is 2.72. The lowest BCUT2D eigenvalue weighted by Crippen LogP contribution is -2.00. The van der Waals surface area contributed by atoms with Gasteiger partial charge in [0, 0.05) is 32.0 Å². The zero-order valence-electron chi connectivity index (χ0n) is 10.1. The fraction of sp³-hybridized carbons (Fsp3) is 0.429. The summed E-state index contributed by atoms with van der Waals surface area (Å²) in [6, 6.07) is 8.90. The number of hydrogen-bond acceptors (Lipinski definition) is 1. The van der Waals surface area contributed by atoms with Gasteiger partial charge in [-0.25, -0.2) is 0 Å². The smallest absolute Gasteiger partial charge is 0.0483 e. The van der Waals surface area contributed by atoms with Crippen LogP contribution in [0.5, 0.6) is 0 Å². The molecule has 2 rings (SSSR count). The molecule has 0 unspecified atom stereocenters. The first-order valence-corrected chi connectivity index (χ1v) is 5.92. The third kappa shape index (κ3) is 2.27. The molecule has 0 aliphatic rings. The zero-order chi connectivity index (χ0) is 11.4. The molecule has 0 saturated heterocycles. The molecule has 0 amide bonds. The van der Waals surface area contributed by atoms with Crippen molar-refractivity contribution < 1.29 is 4.74 Å². The van der Waals surface area contributed by atoms with Gasteiger partial charge in [-0.1, -0.05) is 19.1 Å². The molecule has 0 radical (unpaired) electrons. The maximum absolute atomic E-state index is 5.08. The van der Waals surface area contributed by atoms with Crippen molar-refractivity contribution in [1.29, 1.82) is 0 Å². The summed E-state index contributed by atoms with van der Waals surface area (Å²) < 4.78 is 7.40. The average molecular weight is 217 g/mol. The minimum absolute atomic E-state index is 0.827. The third-order valence-electron chi connectivity index (χ3n) is 2.99. The lowest BCUT2D eigenvalue weighted by atomic mass is 10.1. The van der Waals surface area contributed by atoms with Crippen LogP contribution in [0, 0.1) is 0 Å². The summed E-state index contributed by atoms with van der Waals surface area (Å²) in [4.78, 5) is 0. The van der Waals surface area contributed by atoms with Crippen molar-refractivity contribution in [2.45, 2.75) is 26.3 Å². The number of hydrogen-bond donors (Lipinski definition) is 0. The standard InChI is InChI=1S/C14H19NO/c1-3-12-5-6-13-7-9-15(14(13)11-12)8-4-10-16-2/h5-7,9,11H,3-4,8,10H2,1-2H3. The predicted octanol–water partition coefficient (Wildman–Crippen LogP) is 3.24. The van der Waals surface area contributed by atoms with Crippen LogP contribution >= 0.6 is 0 Å². The molecule has 2 aromatic rings. The minimum Gasteiger partial charge on any atom is -0.385 e. The van der Waals surface area contributed by atoms with Gasteiger partial charge in [0.2, 0.25) is 0 Å². The lowest BCUT2D eigenvalue weighted by molar-refractivity contribution is 0.190. The van der Waals surface area contributed by atoms with Crippen molar-refractivity contribution in [2.75, 3.05) is 13.7 Å². The van der Waals surface area contributed by atoms with E-state index in [1.54, 1.807) is 7.11 Å². The van der Waals surface area contributed by atoms with E-state index in [4.69, 9.17) is 4.74 Å². The molecule has 1 aromatic heterocycles. The molecule has 0 bridgehead atoms. The Hall–Kier alpha value is -1.28. The van der Waals surface area contributed by atoms with Crippen LogP contribution in [0.2, 0.25) is 0 Å². The normalized spacial score (nSPS) is 11.1. The molecular formula is C14H19NO. The summed E-state index contributed by atoms with van der Waals surface area (Å²) in [6.45, 7) is 4.05. The molecule has 0 saturated carbocycles. The van der Waals surface area contributed by atoms with Gasteiger partial charge in [0.1, 0.15) is 0 Å². The van der Waals surface area contributed by atoms with Crippen molar-refractivity contribution in [3.63, 3.8) is 0 Å². The summed E-state index contributed by atoms with van der Waals surface area (Å²) in [6.07, 6.45) is 4.33. The SMILES string of the molecule is CCc1ccc2ccn(CCCOC)c2c1. The Morgan fingerprint density at radius 3 is 2.88 bits per heavy atom. The highest BCUT2D eigenvalue weighted by atomic mass is 16.5. The van der Waals surface area contributed by atoms with Crippen molar-refractivity contribution in [2.24, 2.45) is 0 Å². The maximum atomic E-state index is 5.08. The van der Waals surface area contributed by atoms with Gasteiger partial charge in [0.25, 0.3) is 0 Å². The Labute approximate surface area is 96.8 Å². The highest BCUT2D eigenvalue weighted by molar-refractivity contribution is 5.80. The molecule has 0 fully saturated rings. The van der Waals surface area contributed by atoms with Crippen molar-refractivity contribution >= 4 is 10.9 Å². The van der Waals surface area contributed by atoms with Crippen LogP contribution in [0.25, 0.3) is 10.9 Å². The number of nitrogens with zero attached hydrogens (tertiary/aromatic N) is 1. The van der Waals surface area contributed by atoms with E-state index >= 15 is 0 Å². The van der Waals surface area contributed by atoms with Gasteiger partial charge in [-0.15, -0.1) is 0 Å². The number of methoxy groups -OCH3 is 1. The van der Waals surface area contributed by atoms with E-state index in [-0.39, 0.29) is 0 Å². The van der Waals surface area contributed by atoms with Crippen LogP contribution in [0.3, 0.4) is 0 Å². The first-order chi connectivity index (χ1) is 7.85. The van der Waals surface area contributed by atoms with E-state index in [9.17, 15) is 0 Å². The highest BCUT2D eigenvalue weighted by Gasteiger charge is 2.01.